The summed E-state index contributed by atoms with van der Waals surface area (Å²) >= 11 is 6.34. The van der Waals surface area contributed by atoms with E-state index in [0.29, 0.717) is 16.4 Å². The lowest BCUT2D eigenvalue weighted by molar-refractivity contribution is -0.115. The average molecular weight is 315 g/mol. The molecule has 0 aromatic heterocycles. The van der Waals surface area contributed by atoms with Crippen molar-refractivity contribution in [2.75, 3.05) is 35.2 Å². The molecule has 0 fully saturated rings. The number of thiocarbonyl (C=S) groups is 1. The highest BCUT2D eigenvalue weighted by Gasteiger charge is 2.27. The van der Waals surface area contributed by atoms with Crippen LogP contribution in [0.15, 0.2) is 10.6 Å². The predicted octanol–water partition coefficient (Wildman–Crippen LogP) is 2.14. The summed E-state index contributed by atoms with van der Waals surface area (Å²) in [6.07, 6.45) is 2.06. The van der Waals surface area contributed by atoms with Gasteiger partial charge in [0.1, 0.15) is 0 Å². The minimum atomic E-state index is -0.142. The summed E-state index contributed by atoms with van der Waals surface area (Å²) < 4.78 is 0. The topological polar surface area (TPSA) is 43.9 Å². The summed E-state index contributed by atoms with van der Waals surface area (Å²) in [6.45, 7) is 0. The van der Waals surface area contributed by atoms with Gasteiger partial charge in [0.2, 0.25) is 0 Å². The van der Waals surface area contributed by atoms with Crippen LogP contribution in [0.4, 0.5) is 4.79 Å². The highest BCUT2D eigenvalue weighted by Crippen LogP contribution is 2.33. The number of hydrogen-bond donors (Lipinski definition) is 0. The van der Waals surface area contributed by atoms with Gasteiger partial charge in [0.15, 0.2) is 10.9 Å². The number of ketones is 1. The Balaban J connectivity index is 3.09. The fourth-order valence-electron chi connectivity index (χ4n) is 1.83. The van der Waals surface area contributed by atoms with Crippen molar-refractivity contribution in [3.05, 3.63) is 10.6 Å². The maximum atomic E-state index is 12.1. The number of carbonyl (C=O) groups is 2. The maximum Gasteiger partial charge on any atom is 0.286 e. The minimum absolute atomic E-state index is 0.0276. The van der Waals surface area contributed by atoms with E-state index < -0.39 is 0 Å². The summed E-state index contributed by atoms with van der Waals surface area (Å²) in [5, 5.41) is 0.488. The fraction of sp³-hybridized carbons (Fsp3) is 0.615. The summed E-state index contributed by atoms with van der Waals surface area (Å²) in [5.41, 5.74) is 0.847. The summed E-state index contributed by atoms with van der Waals surface area (Å²) in [6, 6.07) is 0. The molecule has 0 aromatic rings. The first-order chi connectivity index (χ1) is 9.25. The molecule has 0 aliphatic heterocycles. The summed E-state index contributed by atoms with van der Waals surface area (Å²) in [7, 11) is 8.93. The van der Waals surface area contributed by atoms with Crippen LogP contribution in [0.3, 0.4) is 0 Å². The molecular formula is C13H21N3O2S2. The van der Waals surface area contributed by atoms with E-state index in [1.54, 1.807) is 14.1 Å². The number of thioether (sulfide) groups is 1. The molecule has 0 saturated heterocycles. The molecule has 1 amide bonds. The standard InChI is InChI=1S/C13H21N3O2S2/c1-14(2)12(19)16(5)9-7-6-8-10(17)11(9)20-13(18)15(3)4/h6-8H2,1-5H3. The van der Waals surface area contributed by atoms with Gasteiger partial charge in [0.25, 0.3) is 5.24 Å². The van der Waals surface area contributed by atoms with Crippen LogP contribution >= 0.6 is 24.0 Å². The Morgan fingerprint density at radius 3 is 2.20 bits per heavy atom. The molecule has 0 radical (unpaired) electrons. The second-order valence-corrected chi connectivity index (χ2v) is 6.38. The van der Waals surface area contributed by atoms with Gasteiger partial charge in [-0.25, -0.2) is 0 Å². The summed E-state index contributed by atoms with van der Waals surface area (Å²) in [5.74, 6) is 0.0276. The molecule has 1 aliphatic carbocycles. The number of Topliss-reactive ketones (excluding diaryl/α,β-unsaturated/α-hetero) is 1. The highest BCUT2D eigenvalue weighted by atomic mass is 32.2. The maximum absolute atomic E-state index is 12.1. The minimum Gasteiger partial charge on any atom is -0.355 e. The van der Waals surface area contributed by atoms with Gasteiger partial charge in [-0.15, -0.1) is 0 Å². The Bertz CT molecular complexity index is 459. The predicted molar refractivity (Wildman–Crippen MR) is 86.6 cm³/mol. The highest BCUT2D eigenvalue weighted by molar-refractivity contribution is 8.17. The second-order valence-electron chi connectivity index (χ2n) is 5.05. The SMILES string of the molecule is CN(C)C(=O)SC1=C(N(C)C(=S)N(C)C)CCCC1=O. The number of carbonyl (C=O) groups excluding carboxylic acids is 2. The van der Waals surface area contributed by atoms with Crippen LogP contribution in [0.25, 0.3) is 0 Å². The van der Waals surface area contributed by atoms with E-state index >= 15 is 0 Å². The first kappa shape index (κ1) is 17.0. The van der Waals surface area contributed by atoms with Gasteiger partial charge in [-0.05, 0) is 36.8 Å². The van der Waals surface area contributed by atoms with Crippen LogP contribution in [0.1, 0.15) is 19.3 Å². The van der Waals surface area contributed by atoms with Crippen LogP contribution in [-0.2, 0) is 4.79 Å². The molecule has 20 heavy (non-hydrogen) atoms. The lowest BCUT2D eigenvalue weighted by atomic mass is 10.0. The third kappa shape index (κ3) is 3.96. The quantitative estimate of drug-likeness (QED) is 0.728. The zero-order chi connectivity index (χ0) is 15.4. The third-order valence-electron chi connectivity index (χ3n) is 2.96. The van der Waals surface area contributed by atoms with Crippen molar-refractivity contribution in [3.63, 3.8) is 0 Å². The number of allylic oxidation sites excluding steroid dienone is 2. The molecule has 5 nitrogen and oxygen atoms in total. The monoisotopic (exact) mass is 315 g/mol. The number of hydrogen-bond acceptors (Lipinski definition) is 4. The molecule has 0 unspecified atom stereocenters. The van der Waals surface area contributed by atoms with Crippen molar-refractivity contribution in [1.82, 2.24) is 14.7 Å². The van der Waals surface area contributed by atoms with E-state index in [1.165, 1.54) is 4.90 Å². The van der Waals surface area contributed by atoms with Gasteiger partial charge in [-0.3, -0.25) is 9.59 Å². The van der Waals surface area contributed by atoms with E-state index in [4.69, 9.17) is 12.2 Å². The van der Waals surface area contributed by atoms with E-state index in [0.717, 1.165) is 30.3 Å². The lowest BCUT2D eigenvalue weighted by Gasteiger charge is -2.31. The molecule has 7 heteroatoms. The number of nitrogens with zero attached hydrogens (tertiary/aromatic N) is 3. The van der Waals surface area contributed by atoms with E-state index in [1.807, 2.05) is 30.9 Å². The van der Waals surface area contributed by atoms with Gasteiger partial charge < -0.3 is 14.7 Å². The van der Waals surface area contributed by atoms with Gasteiger partial charge in [0, 0.05) is 47.4 Å². The van der Waals surface area contributed by atoms with Crippen LogP contribution < -0.4 is 0 Å². The molecule has 1 aliphatic rings. The number of amides is 1. The molecule has 112 valence electrons. The molecule has 0 heterocycles. The van der Waals surface area contributed by atoms with Crippen LogP contribution in [0.5, 0.6) is 0 Å². The molecule has 1 rings (SSSR count). The first-order valence-corrected chi connectivity index (χ1v) is 7.58. The van der Waals surface area contributed by atoms with E-state index in [-0.39, 0.29) is 11.0 Å². The van der Waals surface area contributed by atoms with Gasteiger partial charge in [-0.2, -0.15) is 0 Å². The van der Waals surface area contributed by atoms with Crippen LogP contribution in [0.2, 0.25) is 0 Å². The molecule has 0 atom stereocenters. The van der Waals surface area contributed by atoms with Gasteiger partial charge >= 0.3 is 0 Å². The average Bonchev–Trinajstić information content (AvgIpc) is 2.38. The van der Waals surface area contributed by atoms with E-state index in [9.17, 15) is 9.59 Å². The van der Waals surface area contributed by atoms with Crippen LogP contribution in [-0.4, -0.2) is 66.1 Å². The van der Waals surface area contributed by atoms with Gasteiger partial charge in [0.05, 0.1) is 4.91 Å². The largest absolute Gasteiger partial charge is 0.355 e. The zero-order valence-corrected chi connectivity index (χ0v) is 14.2. The normalized spacial score (nSPS) is 15.2. The molecule has 0 saturated carbocycles. The fourth-order valence-corrected chi connectivity index (χ4v) is 2.87. The van der Waals surface area contributed by atoms with Crippen molar-refractivity contribution < 1.29 is 9.59 Å². The van der Waals surface area contributed by atoms with E-state index in [2.05, 4.69) is 0 Å². The van der Waals surface area contributed by atoms with Crippen molar-refractivity contribution >= 4 is 40.1 Å². The smallest absolute Gasteiger partial charge is 0.286 e. The summed E-state index contributed by atoms with van der Waals surface area (Å²) in [4.78, 5) is 29.6. The van der Waals surface area contributed by atoms with Crippen LogP contribution in [0, 0.1) is 0 Å². The number of rotatable bonds is 2. The van der Waals surface area contributed by atoms with Crippen molar-refractivity contribution in [2.45, 2.75) is 19.3 Å². The van der Waals surface area contributed by atoms with Crippen molar-refractivity contribution in [2.24, 2.45) is 0 Å². The zero-order valence-electron chi connectivity index (χ0n) is 12.6. The second kappa shape index (κ2) is 7.08. The Labute approximate surface area is 130 Å². The Hall–Kier alpha value is -1.08. The van der Waals surface area contributed by atoms with Crippen molar-refractivity contribution in [3.8, 4) is 0 Å². The molecule has 0 aromatic carbocycles. The first-order valence-electron chi connectivity index (χ1n) is 6.36. The molecular weight excluding hydrogens is 294 g/mol. The molecule has 0 N–H and O–H groups in total. The van der Waals surface area contributed by atoms with Gasteiger partial charge in [-0.1, -0.05) is 0 Å². The Morgan fingerprint density at radius 2 is 1.70 bits per heavy atom. The lowest BCUT2D eigenvalue weighted by Crippen LogP contribution is -2.37. The Kier molecular flexibility index (Phi) is 6.01. The Morgan fingerprint density at radius 1 is 1.10 bits per heavy atom. The molecule has 0 spiro atoms. The van der Waals surface area contributed by atoms with Crippen molar-refractivity contribution in [1.29, 1.82) is 0 Å². The molecule has 0 bridgehead atoms. The third-order valence-corrected chi connectivity index (χ3v) is 4.81.